The van der Waals surface area contributed by atoms with Gasteiger partial charge in [-0.1, -0.05) is 4.98 Å². The molecule has 0 fully saturated rings. The molecule has 0 atom stereocenters. The Morgan fingerprint density at radius 2 is 2.36 bits per heavy atom. The first-order valence-corrected chi connectivity index (χ1v) is 4.29. The van der Waals surface area contributed by atoms with Gasteiger partial charge in [0.2, 0.25) is 0 Å². The smallest absolute Gasteiger partial charge is 0.390 e. The van der Waals surface area contributed by atoms with Crippen LogP contribution < -0.4 is 0 Å². The molecule has 0 radical (unpaired) electrons. The molecule has 14 heavy (non-hydrogen) atoms. The van der Waals surface area contributed by atoms with Crippen LogP contribution in [-0.2, 0) is 18.4 Å². The van der Waals surface area contributed by atoms with Crippen LogP contribution in [0.2, 0.25) is 0 Å². The van der Waals surface area contributed by atoms with Crippen LogP contribution in [0.25, 0.3) is 0 Å². The van der Waals surface area contributed by atoms with Gasteiger partial charge in [0.05, 0.1) is 13.2 Å². The van der Waals surface area contributed by atoms with Crippen molar-refractivity contribution < 1.29 is 9.66 Å². The minimum Gasteiger partial charge on any atom is -0.390 e. The molecule has 0 N–H and O–H groups in total. The summed E-state index contributed by atoms with van der Waals surface area (Å²) < 4.78 is 6.74. The van der Waals surface area contributed by atoms with Gasteiger partial charge in [-0.15, -0.1) is 0 Å². The van der Waals surface area contributed by atoms with Crippen molar-refractivity contribution in [3.8, 4) is 0 Å². The highest BCUT2D eigenvalue weighted by atomic mass is 16.6. The van der Waals surface area contributed by atoms with E-state index >= 15 is 0 Å². The van der Waals surface area contributed by atoms with E-state index in [9.17, 15) is 10.1 Å². The molecule has 1 aromatic rings. The molecule has 1 aromatic heterocycles. The van der Waals surface area contributed by atoms with E-state index < -0.39 is 4.92 Å². The Hall–Kier alpha value is -1.43. The molecule has 0 unspecified atom stereocenters. The van der Waals surface area contributed by atoms with E-state index in [0.717, 1.165) is 0 Å². The van der Waals surface area contributed by atoms with Crippen LogP contribution in [0.15, 0.2) is 6.20 Å². The van der Waals surface area contributed by atoms with Crippen LogP contribution in [0, 0.1) is 10.1 Å². The van der Waals surface area contributed by atoms with Crippen LogP contribution in [0.3, 0.4) is 0 Å². The first-order valence-electron chi connectivity index (χ1n) is 4.29. The average molecular weight is 199 g/mol. The third-order valence-corrected chi connectivity index (χ3v) is 1.79. The van der Waals surface area contributed by atoms with Crippen molar-refractivity contribution >= 4 is 5.95 Å². The summed E-state index contributed by atoms with van der Waals surface area (Å²) in [5, 5.41) is 10.5. The highest BCUT2D eigenvalue weighted by Crippen LogP contribution is 2.11. The van der Waals surface area contributed by atoms with E-state index in [1.165, 1.54) is 10.8 Å². The zero-order valence-corrected chi connectivity index (χ0v) is 8.43. The number of ether oxygens (including phenoxy) is 1. The summed E-state index contributed by atoms with van der Waals surface area (Å²) in [6.45, 7) is 4.16. The number of imidazole rings is 1. The summed E-state index contributed by atoms with van der Waals surface area (Å²) >= 11 is 0. The van der Waals surface area contributed by atoms with Crippen molar-refractivity contribution in [2.45, 2.75) is 26.6 Å². The van der Waals surface area contributed by atoms with Gasteiger partial charge in [-0.05, 0) is 18.8 Å². The standard InChI is InChI=1S/C8H13N3O3/c1-6(2)14-5-7-4-9-8(10(7)3)11(12)13/h4,6H,5H2,1-3H3. The van der Waals surface area contributed by atoms with E-state index in [4.69, 9.17) is 4.74 Å². The van der Waals surface area contributed by atoms with Crippen molar-refractivity contribution in [3.05, 3.63) is 22.0 Å². The van der Waals surface area contributed by atoms with Crippen molar-refractivity contribution in [1.29, 1.82) is 0 Å². The predicted octanol–water partition coefficient (Wildman–Crippen LogP) is 1.25. The Bertz CT molecular complexity index is 333. The van der Waals surface area contributed by atoms with E-state index in [0.29, 0.717) is 12.3 Å². The molecule has 0 amide bonds. The maximum Gasteiger partial charge on any atom is 0.434 e. The minimum atomic E-state index is -0.515. The SMILES string of the molecule is CC(C)OCc1cnc([N+](=O)[O-])n1C. The summed E-state index contributed by atoms with van der Waals surface area (Å²) in [6.07, 6.45) is 1.56. The number of hydrogen-bond donors (Lipinski definition) is 0. The molecule has 78 valence electrons. The quantitative estimate of drug-likeness (QED) is 0.540. The van der Waals surface area contributed by atoms with Gasteiger partial charge in [0, 0.05) is 0 Å². The highest BCUT2D eigenvalue weighted by Gasteiger charge is 2.17. The second kappa shape index (κ2) is 4.19. The first kappa shape index (κ1) is 10.6. The second-order valence-corrected chi connectivity index (χ2v) is 3.23. The zero-order chi connectivity index (χ0) is 10.7. The van der Waals surface area contributed by atoms with Gasteiger partial charge in [0.1, 0.15) is 18.5 Å². The fourth-order valence-corrected chi connectivity index (χ4v) is 0.990. The largest absolute Gasteiger partial charge is 0.434 e. The fourth-order valence-electron chi connectivity index (χ4n) is 0.990. The lowest BCUT2D eigenvalue weighted by molar-refractivity contribution is -0.396. The summed E-state index contributed by atoms with van der Waals surface area (Å²) in [4.78, 5) is 13.6. The average Bonchev–Trinajstić information content (AvgIpc) is 2.43. The number of hydrogen-bond acceptors (Lipinski definition) is 4. The van der Waals surface area contributed by atoms with E-state index in [2.05, 4.69) is 4.98 Å². The maximum atomic E-state index is 10.5. The fraction of sp³-hybridized carbons (Fsp3) is 0.625. The Kier molecular flexibility index (Phi) is 3.19. The molecular weight excluding hydrogens is 186 g/mol. The van der Waals surface area contributed by atoms with Gasteiger partial charge in [-0.2, -0.15) is 0 Å². The molecule has 6 heteroatoms. The van der Waals surface area contributed by atoms with Crippen LogP contribution in [0.5, 0.6) is 0 Å². The van der Waals surface area contributed by atoms with Crippen LogP contribution in [0.1, 0.15) is 19.5 Å². The van der Waals surface area contributed by atoms with Gasteiger partial charge < -0.3 is 14.9 Å². The Morgan fingerprint density at radius 1 is 1.71 bits per heavy atom. The maximum absolute atomic E-state index is 10.5. The lowest BCUT2D eigenvalue weighted by Crippen LogP contribution is -2.07. The molecule has 0 saturated carbocycles. The molecule has 0 aliphatic carbocycles. The highest BCUT2D eigenvalue weighted by molar-refractivity contribution is 5.13. The van der Waals surface area contributed by atoms with Gasteiger partial charge in [-0.25, -0.2) is 4.57 Å². The third kappa shape index (κ3) is 2.29. The Balaban J connectivity index is 2.74. The Morgan fingerprint density at radius 3 is 2.79 bits per heavy atom. The van der Waals surface area contributed by atoms with Gasteiger partial charge in [0.25, 0.3) is 0 Å². The molecule has 0 aromatic carbocycles. The second-order valence-electron chi connectivity index (χ2n) is 3.23. The van der Waals surface area contributed by atoms with Crippen LogP contribution in [-0.4, -0.2) is 20.6 Å². The summed E-state index contributed by atoms with van der Waals surface area (Å²) in [5.74, 6) is -0.160. The van der Waals surface area contributed by atoms with Crippen molar-refractivity contribution in [2.75, 3.05) is 0 Å². The number of nitro groups is 1. The summed E-state index contributed by atoms with van der Waals surface area (Å²) in [7, 11) is 1.60. The van der Waals surface area contributed by atoms with E-state index in [-0.39, 0.29) is 12.1 Å². The number of rotatable bonds is 4. The van der Waals surface area contributed by atoms with Gasteiger partial charge in [-0.3, -0.25) is 0 Å². The van der Waals surface area contributed by atoms with Crippen LogP contribution >= 0.6 is 0 Å². The third-order valence-electron chi connectivity index (χ3n) is 1.79. The molecule has 0 spiro atoms. The summed E-state index contributed by atoms with van der Waals surface area (Å²) in [5.41, 5.74) is 0.699. The van der Waals surface area contributed by atoms with Crippen molar-refractivity contribution in [1.82, 2.24) is 9.55 Å². The molecule has 0 saturated heterocycles. The molecule has 6 nitrogen and oxygen atoms in total. The topological polar surface area (TPSA) is 70.2 Å². The predicted molar refractivity (Wildman–Crippen MR) is 49.8 cm³/mol. The number of nitrogens with zero attached hydrogens (tertiary/aromatic N) is 3. The van der Waals surface area contributed by atoms with Crippen molar-refractivity contribution in [3.63, 3.8) is 0 Å². The number of aromatic nitrogens is 2. The molecular formula is C8H13N3O3. The zero-order valence-electron chi connectivity index (χ0n) is 8.43. The normalized spacial score (nSPS) is 10.9. The van der Waals surface area contributed by atoms with Gasteiger partial charge >= 0.3 is 5.95 Å². The van der Waals surface area contributed by atoms with Gasteiger partial charge in [0.15, 0.2) is 0 Å². The molecule has 0 bridgehead atoms. The molecule has 1 rings (SSSR count). The Labute approximate surface area is 81.7 Å². The summed E-state index contributed by atoms with van der Waals surface area (Å²) in [6, 6.07) is 0. The van der Waals surface area contributed by atoms with Crippen molar-refractivity contribution in [2.24, 2.45) is 7.05 Å². The lowest BCUT2D eigenvalue weighted by atomic mass is 10.4. The molecule has 0 aliphatic rings. The van der Waals surface area contributed by atoms with E-state index in [1.807, 2.05) is 13.8 Å². The first-order chi connectivity index (χ1) is 6.52. The lowest BCUT2D eigenvalue weighted by Gasteiger charge is -2.05. The molecule has 1 heterocycles. The monoisotopic (exact) mass is 199 g/mol. The van der Waals surface area contributed by atoms with Crippen LogP contribution in [0.4, 0.5) is 5.95 Å². The molecule has 0 aliphatic heterocycles. The minimum absolute atomic E-state index is 0.101. The van der Waals surface area contributed by atoms with E-state index in [1.54, 1.807) is 7.05 Å².